The molecule has 0 saturated heterocycles. The van der Waals surface area contributed by atoms with E-state index in [1.165, 1.54) is 29.5 Å². The molecule has 1 aromatic heterocycles. The summed E-state index contributed by atoms with van der Waals surface area (Å²) in [6, 6.07) is 0. The molecule has 3 nitrogen and oxygen atoms in total. The van der Waals surface area contributed by atoms with E-state index in [-0.39, 0.29) is 10.3 Å². The van der Waals surface area contributed by atoms with Crippen LogP contribution >= 0.6 is 22.6 Å². The largest absolute Gasteiger partial charge is 0.462 e. The normalized spacial score (nSPS) is 11.8. The summed E-state index contributed by atoms with van der Waals surface area (Å²) < 4.78 is 67.9. The minimum atomic E-state index is -4.97. The Balaban J connectivity index is 3.59. The number of pyridine rings is 1. The Labute approximate surface area is 118 Å². The summed E-state index contributed by atoms with van der Waals surface area (Å²) in [6.45, 7) is 1.14. The van der Waals surface area contributed by atoms with Crippen LogP contribution in [0.2, 0.25) is 0 Å². The number of rotatable bonds is 3. The second-order valence-electron chi connectivity index (χ2n) is 3.27. The fourth-order valence-corrected chi connectivity index (χ4v) is 1.99. The van der Waals surface area contributed by atoms with Gasteiger partial charge in [0.2, 0.25) is 0 Å². The van der Waals surface area contributed by atoms with Crippen LogP contribution < -0.4 is 0 Å². The summed E-state index contributed by atoms with van der Waals surface area (Å²) in [7, 11) is 0. The molecule has 0 aliphatic carbocycles. The van der Waals surface area contributed by atoms with E-state index in [2.05, 4.69) is 9.72 Å². The predicted molar refractivity (Wildman–Crippen MR) is 62.9 cm³/mol. The second-order valence-corrected chi connectivity index (χ2v) is 4.29. The van der Waals surface area contributed by atoms with Crippen molar-refractivity contribution in [3.63, 3.8) is 0 Å². The molecule has 0 aliphatic rings. The zero-order valence-corrected chi connectivity index (χ0v) is 11.6. The number of carbonyl (C=O) groups is 1. The molecule has 0 atom stereocenters. The Hall–Kier alpha value is -1.00. The Morgan fingerprint density at radius 2 is 2.05 bits per heavy atom. The lowest BCUT2D eigenvalue weighted by molar-refractivity contribution is -0.138. The van der Waals surface area contributed by atoms with Crippen LogP contribution in [-0.4, -0.2) is 17.6 Å². The topological polar surface area (TPSA) is 39.2 Å². The molecule has 1 aromatic rings. The van der Waals surface area contributed by atoms with Crippen LogP contribution in [0.1, 0.15) is 34.8 Å². The molecule has 9 heteroatoms. The highest BCUT2D eigenvalue weighted by molar-refractivity contribution is 14.1. The van der Waals surface area contributed by atoms with Crippen molar-refractivity contribution < 1.29 is 31.5 Å². The highest BCUT2D eigenvalue weighted by Crippen LogP contribution is 2.37. The maximum atomic E-state index is 12.8. The van der Waals surface area contributed by atoms with Gasteiger partial charge in [0, 0.05) is 6.20 Å². The molecule has 0 spiro atoms. The zero-order valence-electron chi connectivity index (χ0n) is 9.39. The molecule has 0 bridgehead atoms. The number of halogens is 6. The second kappa shape index (κ2) is 5.97. The molecule has 0 amide bonds. The number of ether oxygens (including phenoxy) is 1. The van der Waals surface area contributed by atoms with Gasteiger partial charge in [-0.15, -0.1) is 0 Å². The summed E-state index contributed by atoms with van der Waals surface area (Å²) in [6.07, 6.45) is -7.88. The minimum Gasteiger partial charge on any atom is -0.462 e. The molecule has 1 rings (SSSR count). The van der Waals surface area contributed by atoms with Gasteiger partial charge in [-0.1, -0.05) is 0 Å². The van der Waals surface area contributed by atoms with E-state index in [4.69, 9.17) is 0 Å². The van der Waals surface area contributed by atoms with Crippen molar-refractivity contribution in [2.45, 2.75) is 19.5 Å². The number of esters is 1. The monoisotopic (exact) mass is 395 g/mol. The lowest BCUT2D eigenvalue weighted by atomic mass is 10.0. The first kappa shape index (κ1) is 16.1. The highest BCUT2D eigenvalue weighted by Gasteiger charge is 2.40. The number of carbonyl (C=O) groups excluding carboxylic acids is 1. The van der Waals surface area contributed by atoms with E-state index in [0.29, 0.717) is 6.20 Å². The van der Waals surface area contributed by atoms with E-state index in [0.717, 1.165) is 0 Å². The average Bonchev–Trinajstić information content (AvgIpc) is 2.26. The first-order valence-corrected chi connectivity index (χ1v) is 5.98. The molecule has 0 fully saturated rings. The van der Waals surface area contributed by atoms with Crippen LogP contribution in [0.5, 0.6) is 0 Å². The maximum Gasteiger partial charge on any atom is 0.418 e. The van der Waals surface area contributed by atoms with Crippen LogP contribution in [0, 0.1) is 3.70 Å². The number of hydrogen-bond acceptors (Lipinski definition) is 3. The van der Waals surface area contributed by atoms with Gasteiger partial charge >= 0.3 is 12.1 Å². The number of aromatic nitrogens is 1. The fraction of sp³-hybridized carbons (Fsp3) is 0.400. The van der Waals surface area contributed by atoms with Crippen LogP contribution in [0.4, 0.5) is 22.0 Å². The van der Waals surface area contributed by atoms with Gasteiger partial charge in [-0.3, -0.25) is 0 Å². The molecule has 1 heterocycles. The molecular formula is C10H7F5INO2. The van der Waals surface area contributed by atoms with Gasteiger partial charge in [-0.2, -0.15) is 13.2 Å². The van der Waals surface area contributed by atoms with E-state index in [1.54, 1.807) is 0 Å². The van der Waals surface area contributed by atoms with E-state index in [9.17, 15) is 26.7 Å². The molecule has 0 N–H and O–H groups in total. The van der Waals surface area contributed by atoms with Crippen molar-refractivity contribution in [2.75, 3.05) is 6.61 Å². The summed E-state index contributed by atoms with van der Waals surface area (Å²) >= 11 is 1.34. The Bertz CT molecular complexity index is 490. The number of hydrogen-bond donors (Lipinski definition) is 0. The lowest BCUT2D eigenvalue weighted by Gasteiger charge is -2.16. The molecule has 106 valence electrons. The number of nitrogens with zero attached hydrogens (tertiary/aromatic N) is 1. The summed E-state index contributed by atoms with van der Waals surface area (Å²) in [4.78, 5) is 14.8. The molecule has 0 unspecified atom stereocenters. The van der Waals surface area contributed by atoms with Crippen molar-refractivity contribution in [2.24, 2.45) is 0 Å². The summed E-state index contributed by atoms with van der Waals surface area (Å²) in [5.41, 5.74) is -3.76. The van der Waals surface area contributed by atoms with Crippen molar-refractivity contribution >= 4 is 28.6 Å². The first-order chi connectivity index (χ1) is 8.70. The van der Waals surface area contributed by atoms with Gasteiger partial charge in [0.1, 0.15) is 3.70 Å². The number of alkyl halides is 5. The van der Waals surface area contributed by atoms with Crippen molar-refractivity contribution in [1.29, 1.82) is 0 Å². The van der Waals surface area contributed by atoms with Crippen LogP contribution in [0.15, 0.2) is 6.20 Å². The lowest BCUT2D eigenvalue weighted by Crippen LogP contribution is -2.19. The Kier molecular flexibility index (Phi) is 5.04. The summed E-state index contributed by atoms with van der Waals surface area (Å²) in [5.74, 6) is -1.44. The van der Waals surface area contributed by atoms with Gasteiger partial charge in [0.05, 0.1) is 23.3 Å². The van der Waals surface area contributed by atoms with Crippen LogP contribution in [-0.2, 0) is 10.9 Å². The first-order valence-electron chi connectivity index (χ1n) is 4.91. The Morgan fingerprint density at radius 1 is 1.47 bits per heavy atom. The van der Waals surface area contributed by atoms with Crippen LogP contribution in [0.25, 0.3) is 0 Å². The van der Waals surface area contributed by atoms with Gasteiger partial charge in [-0.25, -0.2) is 18.6 Å². The zero-order chi connectivity index (χ0) is 14.8. The third kappa shape index (κ3) is 3.51. The molecule has 0 radical (unpaired) electrons. The predicted octanol–water partition coefficient (Wildman–Crippen LogP) is 3.82. The molecule has 0 aliphatic heterocycles. The van der Waals surface area contributed by atoms with E-state index >= 15 is 0 Å². The Morgan fingerprint density at radius 3 is 2.47 bits per heavy atom. The third-order valence-corrected chi connectivity index (χ3v) is 2.93. The van der Waals surface area contributed by atoms with Crippen molar-refractivity contribution in [3.8, 4) is 0 Å². The van der Waals surface area contributed by atoms with Crippen molar-refractivity contribution in [3.05, 3.63) is 26.6 Å². The molecule has 0 saturated carbocycles. The molecular weight excluding hydrogens is 388 g/mol. The fourth-order valence-electron chi connectivity index (χ4n) is 1.34. The van der Waals surface area contributed by atoms with Gasteiger partial charge in [0.25, 0.3) is 6.43 Å². The van der Waals surface area contributed by atoms with Crippen LogP contribution in [0.3, 0.4) is 0 Å². The van der Waals surface area contributed by atoms with Gasteiger partial charge in [-0.05, 0) is 29.5 Å². The maximum absolute atomic E-state index is 12.8. The van der Waals surface area contributed by atoms with Gasteiger partial charge < -0.3 is 4.74 Å². The molecule has 0 aromatic carbocycles. The highest BCUT2D eigenvalue weighted by atomic mass is 127. The average molecular weight is 395 g/mol. The third-order valence-electron chi connectivity index (χ3n) is 2.07. The summed E-state index contributed by atoms with van der Waals surface area (Å²) in [5, 5.41) is 0. The smallest absolute Gasteiger partial charge is 0.418 e. The minimum absolute atomic E-state index is 0.224. The standard InChI is InChI=1S/C10H7F5INO2/c1-2-19-9(18)5-4(10(13,14)15)3-17-8(16)6(5)7(11)12/h3,7H,2H2,1H3. The molecule has 19 heavy (non-hydrogen) atoms. The van der Waals surface area contributed by atoms with E-state index < -0.39 is 35.3 Å². The van der Waals surface area contributed by atoms with E-state index in [1.807, 2.05) is 0 Å². The quantitative estimate of drug-likeness (QED) is 0.338. The SMILES string of the molecule is CCOC(=O)c1c(C(F)(F)F)cnc(I)c1C(F)F. The van der Waals surface area contributed by atoms with Gasteiger partial charge in [0.15, 0.2) is 0 Å². The van der Waals surface area contributed by atoms with Crippen molar-refractivity contribution in [1.82, 2.24) is 4.98 Å².